The van der Waals surface area contributed by atoms with E-state index in [2.05, 4.69) is 58.8 Å². The van der Waals surface area contributed by atoms with Crippen molar-refractivity contribution in [2.45, 2.75) is 45.6 Å². The van der Waals surface area contributed by atoms with Crippen LogP contribution in [-0.2, 0) is 11.2 Å². The average molecular weight is 505 g/mol. The molecule has 0 unspecified atom stereocenters. The Kier molecular flexibility index (Phi) is 6.37. The lowest BCUT2D eigenvalue weighted by Gasteiger charge is -2.66. The molecule has 8 heteroatoms. The Morgan fingerprint density at radius 3 is 2.42 bits per heavy atom. The highest BCUT2D eigenvalue weighted by Crippen LogP contribution is 2.65. The lowest BCUT2D eigenvalue weighted by Crippen LogP contribution is -2.69. The van der Waals surface area contributed by atoms with Gasteiger partial charge in [0.15, 0.2) is 5.82 Å². The third-order valence-electron chi connectivity index (χ3n) is 8.50. The molecule has 2 aromatic heterocycles. The highest BCUT2D eigenvalue weighted by Gasteiger charge is 2.64. The van der Waals surface area contributed by atoms with Crippen LogP contribution in [0.25, 0.3) is 0 Å². The number of aromatic nitrogens is 3. The van der Waals surface area contributed by atoms with Gasteiger partial charge in [-0.1, -0.05) is 37.6 Å². The van der Waals surface area contributed by atoms with Gasteiger partial charge in [0.2, 0.25) is 11.9 Å². The van der Waals surface area contributed by atoms with Crippen LogP contribution in [0.5, 0.6) is 0 Å². The quantitative estimate of drug-likeness (QED) is 0.396. The number of amides is 1. The molecule has 3 N–H and O–H groups in total. The van der Waals surface area contributed by atoms with E-state index >= 15 is 0 Å². The molecule has 3 fully saturated rings. The van der Waals surface area contributed by atoms with Crippen molar-refractivity contribution >= 4 is 35.0 Å². The van der Waals surface area contributed by atoms with Crippen molar-refractivity contribution in [3.8, 4) is 0 Å². The zero-order valence-corrected chi connectivity index (χ0v) is 21.9. The lowest BCUT2D eigenvalue weighted by atomic mass is 9.40. The van der Waals surface area contributed by atoms with Gasteiger partial charge in [0.1, 0.15) is 5.02 Å². The van der Waals surface area contributed by atoms with Gasteiger partial charge in [-0.3, -0.25) is 9.78 Å². The molecule has 3 aromatic rings. The maximum Gasteiger partial charge on any atom is 0.229 e. The molecule has 3 aliphatic carbocycles. The van der Waals surface area contributed by atoms with Gasteiger partial charge in [0.05, 0.1) is 17.7 Å². The van der Waals surface area contributed by atoms with E-state index in [1.54, 1.807) is 13.2 Å². The van der Waals surface area contributed by atoms with Crippen molar-refractivity contribution < 1.29 is 4.79 Å². The fraction of sp³-hybridized carbons (Fsp3) is 0.429. The van der Waals surface area contributed by atoms with Crippen LogP contribution in [0, 0.1) is 23.2 Å². The summed E-state index contributed by atoms with van der Waals surface area (Å²) >= 11 is 6.55. The Balaban J connectivity index is 1.34. The monoisotopic (exact) mass is 504 g/mol. The summed E-state index contributed by atoms with van der Waals surface area (Å²) in [5, 5.41) is 10.2. The summed E-state index contributed by atoms with van der Waals surface area (Å²) in [6.45, 7) is 6.75. The summed E-state index contributed by atoms with van der Waals surface area (Å²) in [5.41, 5.74) is 3.00. The third kappa shape index (κ3) is 4.41. The van der Waals surface area contributed by atoms with Crippen LogP contribution in [0.3, 0.4) is 0 Å². The van der Waals surface area contributed by atoms with E-state index in [0.29, 0.717) is 28.6 Å². The molecular weight excluding hydrogens is 472 g/mol. The number of nitrogens with zero attached hydrogens (tertiary/aromatic N) is 3. The van der Waals surface area contributed by atoms with Crippen LogP contribution in [-0.4, -0.2) is 33.4 Å². The summed E-state index contributed by atoms with van der Waals surface area (Å²) in [6, 6.07) is 12.3. The Morgan fingerprint density at radius 1 is 1.06 bits per heavy atom. The van der Waals surface area contributed by atoms with Gasteiger partial charge < -0.3 is 16.0 Å². The van der Waals surface area contributed by atoms with Gasteiger partial charge >= 0.3 is 0 Å². The minimum Gasteiger partial charge on any atom is -0.362 e. The molecule has 36 heavy (non-hydrogen) atoms. The summed E-state index contributed by atoms with van der Waals surface area (Å²) in [5.74, 6) is 1.78. The number of carbonyl (C=O) groups excluding carboxylic acids is 1. The zero-order chi connectivity index (χ0) is 25.5. The van der Waals surface area contributed by atoms with Crippen LogP contribution >= 0.6 is 11.6 Å². The summed E-state index contributed by atoms with van der Waals surface area (Å²) in [7, 11) is 1.70. The predicted octanol–water partition coefficient (Wildman–Crippen LogP) is 5.46. The SMILES string of the molecule is CNC(=O)[C@H]1C[C@@H]2C[C@H](C2(C)C)[C@@]1(C)Nc1nc(Nc2ccc(Cc3ccncc3)cc2)ncc1Cl. The molecule has 3 aliphatic rings. The Morgan fingerprint density at radius 2 is 1.75 bits per heavy atom. The van der Waals surface area contributed by atoms with Gasteiger partial charge in [-0.25, -0.2) is 4.98 Å². The van der Waals surface area contributed by atoms with Crippen molar-refractivity contribution in [1.82, 2.24) is 20.3 Å². The summed E-state index contributed by atoms with van der Waals surface area (Å²) in [6.07, 6.45) is 8.02. The highest BCUT2D eigenvalue weighted by molar-refractivity contribution is 6.32. The van der Waals surface area contributed by atoms with Gasteiger partial charge in [-0.15, -0.1) is 0 Å². The molecule has 4 atom stereocenters. The molecule has 6 rings (SSSR count). The first-order valence-electron chi connectivity index (χ1n) is 12.5. The zero-order valence-electron chi connectivity index (χ0n) is 21.2. The number of pyridine rings is 1. The van der Waals surface area contributed by atoms with Gasteiger partial charge in [0.25, 0.3) is 0 Å². The van der Waals surface area contributed by atoms with Gasteiger partial charge in [0, 0.05) is 25.1 Å². The maximum absolute atomic E-state index is 12.9. The number of halogens is 1. The van der Waals surface area contributed by atoms with E-state index in [9.17, 15) is 4.79 Å². The van der Waals surface area contributed by atoms with E-state index in [-0.39, 0.29) is 17.2 Å². The second-order valence-corrected chi connectivity index (χ2v) is 11.3. The first-order chi connectivity index (χ1) is 17.2. The number of fused-ring (bicyclic) bond motifs is 2. The van der Waals surface area contributed by atoms with Gasteiger partial charge in [-0.2, -0.15) is 4.98 Å². The average Bonchev–Trinajstić information content (AvgIpc) is 2.87. The fourth-order valence-corrected chi connectivity index (χ4v) is 6.41. The second-order valence-electron chi connectivity index (χ2n) is 10.9. The molecule has 3 saturated carbocycles. The van der Waals surface area contributed by atoms with E-state index in [4.69, 9.17) is 16.6 Å². The Hall–Kier alpha value is -3.19. The van der Waals surface area contributed by atoms with Gasteiger partial charge in [-0.05, 0) is 78.8 Å². The van der Waals surface area contributed by atoms with Crippen LogP contribution in [0.15, 0.2) is 55.0 Å². The minimum absolute atomic E-state index is 0.0607. The van der Waals surface area contributed by atoms with Crippen LogP contribution < -0.4 is 16.0 Å². The largest absolute Gasteiger partial charge is 0.362 e. The number of rotatable bonds is 7. The molecular formula is C28H33ClN6O. The van der Waals surface area contributed by atoms with Crippen molar-refractivity contribution in [1.29, 1.82) is 0 Å². The standard InChI is InChI=1S/C28H33ClN6O/c1-27(2)19-14-21(25(36)30-4)28(3,23(27)15-19)35-24-22(29)16-32-26(34-24)33-20-7-5-17(6-8-20)13-18-9-11-31-12-10-18/h5-12,16,19,21,23H,13-15H2,1-4H3,(H,30,36)(H2,32,33,34,35)/t19-,21-,23-,28+/m1/s1. The van der Waals surface area contributed by atoms with Crippen molar-refractivity contribution in [2.24, 2.45) is 23.2 Å². The topological polar surface area (TPSA) is 91.8 Å². The molecule has 1 amide bonds. The first kappa shape index (κ1) is 24.5. The lowest BCUT2D eigenvalue weighted by molar-refractivity contribution is -0.155. The maximum atomic E-state index is 12.9. The Bertz CT molecular complexity index is 1250. The van der Waals surface area contributed by atoms with E-state index < -0.39 is 5.54 Å². The molecule has 188 valence electrons. The number of carbonyl (C=O) groups is 1. The second kappa shape index (κ2) is 9.36. The molecule has 0 saturated heterocycles. The summed E-state index contributed by atoms with van der Waals surface area (Å²) in [4.78, 5) is 26.0. The van der Waals surface area contributed by atoms with Crippen LogP contribution in [0.4, 0.5) is 17.5 Å². The fourth-order valence-electron chi connectivity index (χ4n) is 6.28. The number of anilines is 3. The third-order valence-corrected chi connectivity index (χ3v) is 8.78. The molecule has 0 radical (unpaired) electrons. The normalized spacial score (nSPS) is 26.0. The molecule has 0 aliphatic heterocycles. The number of nitrogens with one attached hydrogen (secondary N) is 3. The van der Waals surface area contributed by atoms with Crippen LogP contribution in [0.2, 0.25) is 5.02 Å². The molecule has 1 aromatic carbocycles. The van der Waals surface area contributed by atoms with E-state index in [1.807, 2.05) is 36.7 Å². The molecule has 7 nitrogen and oxygen atoms in total. The van der Waals surface area contributed by atoms with E-state index in [1.165, 1.54) is 11.1 Å². The highest BCUT2D eigenvalue weighted by atomic mass is 35.5. The van der Waals surface area contributed by atoms with Crippen molar-refractivity contribution in [3.63, 3.8) is 0 Å². The minimum atomic E-state index is -0.470. The number of benzene rings is 1. The first-order valence-corrected chi connectivity index (χ1v) is 12.9. The van der Waals surface area contributed by atoms with Crippen LogP contribution in [0.1, 0.15) is 44.7 Å². The molecule has 0 spiro atoms. The summed E-state index contributed by atoms with van der Waals surface area (Å²) < 4.78 is 0. The molecule has 2 heterocycles. The Labute approximate surface area is 217 Å². The number of hydrogen-bond acceptors (Lipinski definition) is 6. The molecule has 2 bridgehead atoms. The van der Waals surface area contributed by atoms with E-state index in [0.717, 1.165) is 24.9 Å². The van der Waals surface area contributed by atoms with Crippen molar-refractivity contribution in [2.75, 3.05) is 17.7 Å². The predicted molar refractivity (Wildman–Crippen MR) is 143 cm³/mol. The number of hydrogen-bond donors (Lipinski definition) is 3. The smallest absolute Gasteiger partial charge is 0.229 e. The van der Waals surface area contributed by atoms with Crippen molar-refractivity contribution in [3.05, 3.63) is 71.1 Å².